The minimum Gasteiger partial charge on any atom is -0.387 e. The monoisotopic (exact) mass is 811 g/mol. The smallest absolute Gasteiger partial charge is 0.248 e. The highest BCUT2D eigenvalue weighted by Gasteiger charge is 2.27. The Morgan fingerprint density at radius 3 is 1.98 bits per heavy atom. The number of pyridine rings is 2. The van der Waals surface area contributed by atoms with Crippen molar-refractivity contribution in [1.82, 2.24) is 19.2 Å². The number of aromatic nitrogens is 2. The Balaban J connectivity index is 0.000000285. The van der Waals surface area contributed by atoms with Crippen LogP contribution in [0.2, 0.25) is 0 Å². The number of aliphatic hydroxyl groups is 1. The predicted molar refractivity (Wildman–Crippen MR) is 230 cm³/mol. The van der Waals surface area contributed by atoms with Gasteiger partial charge in [-0.25, -0.2) is 8.42 Å². The number of likely N-dealkylation sites (N-methyl/N-ethyl adjacent to an activating group) is 1. The number of nitrogens with one attached hydrogen (secondary N) is 3. The van der Waals surface area contributed by atoms with Crippen LogP contribution in [-0.4, -0.2) is 85.7 Å². The molecule has 0 spiro atoms. The molecule has 57 heavy (non-hydrogen) atoms. The number of hydrogen-bond donors (Lipinski definition) is 4. The van der Waals surface area contributed by atoms with Crippen LogP contribution in [0.3, 0.4) is 0 Å². The number of benzene rings is 4. The topological polar surface area (TPSA) is 160 Å². The lowest BCUT2D eigenvalue weighted by molar-refractivity contribution is 0.0730. The van der Waals surface area contributed by atoms with Gasteiger partial charge in [-0.05, 0) is 104 Å². The molecular weight excluding hydrogens is 762 g/mol. The molecule has 2 fully saturated rings. The Bertz CT molecular complexity index is 2550. The van der Waals surface area contributed by atoms with E-state index >= 15 is 0 Å². The number of aromatic amines is 2. The molecule has 0 saturated carbocycles. The summed E-state index contributed by atoms with van der Waals surface area (Å²) in [7, 11) is -1.53. The maximum Gasteiger partial charge on any atom is 0.248 e. The molecule has 2 aliphatic heterocycles. The van der Waals surface area contributed by atoms with Gasteiger partial charge in [-0.1, -0.05) is 36.4 Å². The second-order valence-corrected chi connectivity index (χ2v) is 16.3. The lowest BCUT2D eigenvalue weighted by Gasteiger charge is -2.26. The molecule has 14 heteroatoms. The summed E-state index contributed by atoms with van der Waals surface area (Å²) < 4.78 is 37.7. The Morgan fingerprint density at radius 1 is 0.807 bits per heavy atom. The standard InChI is InChI=1S/C31H36N4O5S.C12H11NO2.H3P/c1-22-3-12-27(28-13-14-30(37)33-31(22)28)29(36)21-34(2)16-15-23-4-6-24(7-5-23)32-25-8-10-26(11-9-25)41(38,39)35-17-19-40-20-18-35;1-7-2-3-8(10-6-15-10)9-4-5-11(14)13-12(7)9;/h3-14,29,32,36H,15-21H2,1-2H3,(H,33,37);2-5,10H,6H2,1H3,(H,13,14);1H3/t29-;10-;/m00./s1. The highest BCUT2D eigenvalue weighted by molar-refractivity contribution is 7.89. The Morgan fingerprint density at radius 2 is 1.37 bits per heavy atom. The average Bonchev–Trinajstić information content (AvgIpc) is 4.05. The average molecular weight is 812 g/mol. The molecule has 2 saturated heterocycles. The maximum atomic E-state index is 12.8. The summed E-state index contributed by atoms with van der Waals surface area (Å²) in [5, 5.41) is 16.3. The number of aliphatic hydroxyl groups excluding tert-OH is 1. The van der Waals surface area contributed by atoms with E-state index in [1.165, 1.54) is 21.5 Å². The summed E-state index contributed by atoms with van der Waals surface area (Å²) in [6, 6.07) is 29.6. The first-order chi connectivity index (χ1) is 27.0. The Labute approximate surface area is 335 Å². The summed E-state index contributed by atoms with van der Waals surface area (Å²) in [5.41, 5.74) is 8.39. The van der Waals surface area contributed by atoms with Crippen molar-refractivity contribution in [3.8, 4) is 0 Å². The highest BCUT2D eigenvalue weighted by atomic mass is 32.2. The molecule has 4 N–H and O–H groups in total. The molecule has 0 amide bonds. The molecule has 12 nitrogen and oxygen atoms in total. The van der Waals surface area contributed by atoms with Gasteiger partial charge >= 0.3 is 0 Å². The lowest BCUT2D eigenvalue weighted by Crippen LogP contribution is -2.40. The normalized spacial score (nSPS) is 16.1. The van der Waals surface area contributed by atoms with Gasteiger partial charge in [-0.15, -0.1) is 0 Å². The number of H-pyrrole nitrogens is 2. The molecule has 0 aliphatic carbocycles. The van der Waals surface area contributed by atoms with Gasteiger partial charge < -0.3 is 34.8 Å². The van der Waals surface area contributed by atoms with Crippen LogP contribution in [-0.2, 0) is 25.9 Å². The third-order valence-corrected chi connectivity index (χ3v) is 12.2. The van der Waals surface area contributed by atoms with E-state index < -0.39 is 16.1 Å². The SMILES string of the molecule is Cc1ccc([C@@H](O)CN(C)CCc2ccc(Nc3ccc(S(=O)(=O)N4CCOCC4)cc3)cc2)c2ccc(=O)[nH]c12.Cc1ccc([C@@H]2CO2)c2ccc(=O)[nH]c12.P. The van der Waals surface area contributed by atoms with Crippen molar-refractivity contribution >= 4 is 53.1 Å². The first-order valence-corrected chi connectivity index (χ1v) is 20.2. The van der Waals surface area contributed by atoms with E-state index in [-0.39, 0.29) is 32.0 Å². The lowest BCUT2D eigenvalue weighted by atomic mass is 10.00. The van der Waals surface area contributed by atoms with Gasteiger partial charge in [0.25, 0.3) is 0 Å². The zero-order valence-electron chi connectivity index (χ0n) is 32.5. The minimum atomic E-state index is -3.51. The summed E-state index contributed by atoms with van der Waals surface area (Å²) in [5.74, 6) is 0. The van der Waals surface area contributed by atoms with E-state index in [2.05, 4.69) is 38.4 Å². The molecule has 0 bridgehead atoms. The number of anilines is 2. The van der Waals surface area contributed by atoms with Crippen LogP contribution >= 0.6 is 9.90 Å². The van der Waals surface area contributed by atoms with Gasteiger partial charge in [-0.3, -0.25) is 9.59 Å². The van der Waals surface area contributed by atoms with Crippen molar-refractivity contribution in [1.29, 1.82) is 0 Å². The second-order valence-electron chi connectivity index (χ2n) is 14.4. The van der Waals surface area contributed by atoms with E-state index in [1.54, 1.807) is 36.4 Å². The van der Waals surface area contributed by atoms with Crippen molar-refractivity contribution in [3.05, 3.63) is 146 Å². The number of sulfonamides is 1. The van der Waals surface area contributed by atoms with Crippen LogP contribution in [0.1, 0.15) is 40.0 Å². The van der Waals surface area contributed by atoms with E-state index in [4.69, 9.17) is 9.47 Å². The maximum absolute atomic E-state index is 12.8. The summed E-state index contributed by atoms with van der Waals surface area (Å²) in [6.45, 7) is 7.54. The molecular formula is C43H50N5O7PS. The van der Waals surface area contributed by atoms with Crippen molar-refractivity contribution < 1.29 is 23.0 Å². The number of ether oxygens (including phenoxy) is 2. The first-order valence-electron chi connectivity index (χ1n) is 18.7. The van der Waals surface area contributed by atoms with Crippen LogP contribution in [0, 0.1) is 13.8 Å². The van der Waals surface area contributed by atoms with E-state index in [0.29, 0.717) is 32.8 Å². The quantitative estimate of drug-likeness (QED) is 0.0941. The summed E-state index contributed by atoms with van der Waals surface area (Å²) >= 11 is 0. The number of fused-ring (bicyclic) bond motifs is 2. The third-order valence-electron chi connectivity index (χ3n) is 10.3. The molecule has 2 aromatic heterocycles. The number of morpholine rings is 1. The van der Waals surface area contributed by atoms with Crippen molar-refractivity contribution in [2.75, 3.05) is 58.4 Å². The Kier molecular flexibility index (Phi) is 13.4. The fraction of sp³-hybridized carbons (Fsp3) is 0.302. The second kappa shape index (κ2) is 18.3. The van der Waals surface area contributed by atoms with Crippen LogP contribution in [0.15, 0.2) is 112 Å². The van der Waals surface area contributed by atoms with Crippen LogP contribution in [0.4, 0.5) is 11.4 Å². The number of rotatable bonds is 11. The molecule has 2 aliphatic rings. The van der Waals surface area contributed by atoms with Crippen LogP contribution < -0.4 is 16.4 Å². The highest BCUT2D eigenvalue weighted by Crippen LogP contribution is 2.35. The van der Waals surface area contributed by atoms with Crippen molar-refractivity contribution in [2.45, 2.75) is 37.4 Å². The molecule has 3 atom stereocenters. The van der Waals surface area contributed by atoms with Gasteiger partial charge in [-0.2, -0.15) is 14.2 Å². The van der Waals surface area contributed by atoms with Crippen molar-refractivity contribution in [2.24, 2.45) is 0 Å². The van der Waals surface area contributed by atoms with Gasteiger partial charge in [0.15, 0.2) is 0 Å². The molecule has 300 valence electrons. The van der Waals surface area contributed by atoms with Crippen molar-refractivity contribution in [3.63, 3.8) is 0 Å². The molecule has 8 rings (SSSR count). The van der Waals surface area contributed by atoms with E-state index in [0.717, 1.165) is 69.4 Å². The van der Waals surface area contributed by atoms with Gasteiger partial charge in [0, 0.05) is 60.5 Å². The van der Waals surface area contributed by atoms with Crippen LogP contribution in [0.5, 0.6) is 0 Å². The van der Waals surface area contributed by atoms with Gasteiger partial charge in [0.05, 0.1) is 41.9 Å². The van der Waals surface area contributed by atoms with E-state index in [9.17, 15) is 23.1 Å². The third kappa shape index (κ3) is 10.1. The molecule has 1 unspecified atom stereocenters. The van der Waals surface area contributed by atoms with Crippen LogP contribution in [0.25, 0.3) is 21.8 Å². The zero-order valence-corrected chi connectivity index (χ0v) is 34.7. The fourth-order valence-corrected chi connectivity index (χ4v) is 8.41. The zero-order chi connectivity index (χ0) is 39.4. The number of hydrogen-bond acceptors (Lipinski definition) is 9. The predicted octanol–water partition coefficient (Wildman–Crippen LogP) is 5.77. The number of aryl methyl sites for hydroxylation is 2. The molecule has 4 heterocycles. The first kappa shape index (κ1) is 41.9. The minimum absolute atomic E-state index is 0. The molecule has 6 aromatic rings. The summed E-state index contributed by atoms with van der Waals surface area (Å²) in [6.07, 6.45) is 0.356. The van der Waals surface area contributed by atoms with E-state index in [1.807, 2.05) is 57.3 Å². The molecule has 4 aromatic carbocycles. The van der Waals surface area contributed by atoms with Gasteiger partial charge in [0.1, 0.15) is 6.10 Å². The number of nitrogens with zero attached hydrogens (tertiary/aromatic N) is 2. The van der Waals surface area contributed by atoms with Gasteiger partial charge in [0.2, 0.25) is 21.1 Å². The summed E-state index contributed by atoms with van der Waals surface area (Å²) in [4.78, 5) is 31.1. The Hall–Kier alpha value is -4.72. The largest absolute Gasteiger partial charge is 0.387 e. The molecule has 0 radical (unpaired) electrons. The number of epoxide rings is 1. The fourth-order valence-electron chi connectivity index (χ4n) is 7.00.